The van der Waals surface area contributed by atoms with E-state index in [2.05, 4.69) is 40.2 Å². The molecular weight excluding hydrogens is 196 g/mol. The average molecular weight is 204 g/mol. The van der Waals surface area contributed by atoms with Crippen LogP contribution in [0.2, 0.25) is 0 Å². The molecule has 1 heterocycles. The molecule has 0 saturated heterocycles. The Hall–Kier alpha value is -0.530. The van der Waals surface area contributed by atoms with Crippen molar-refractivity contribution in [3.63, 3.8) is 0 Å². The summed E-state index contributed by atoms with van der Waals surface area (Å²) in [5.74, 6) is 0.155. The Balaban J connectivity index is 3.00. The van der Waals surface area contributed by atoms with Crippen molar-refractivity contribution < 1.29 is 5.21 Å². The van der Waals surface area contributed by atoms with Gasteiger partial charge in [0.15, 0.2) is 10.3 Å². The summed E-state index contributed by atoms with van der Waals surface area (Å²) in [4.78, 5) is 11.3. The highest BCUT2D eigenvalue weighted by molar-refractivity contribution is 7.80. The van der Waals surface area contributed by atoms with Crippen molar-refractivity contribution >= 4 is 31.2 Å². The molecule has 1 aromatic heterocycles. The molecule has 0 aliphatic heterocycles. The molecule has 12 heavy (non-hydrogen) atoms. The number of aromatic nitrogens is 3. The molecule has 0 radical (unpaired) electrons. The summed E-state index contributed by atoms with van der Waals surface area (Å²) in [6.07, 6.45) is 0. The minimum atomic E-state index is 0.155. The van der Waals surface area contributed by atoms with E-state index in [0.29, 0.717) is 6.54 Å². The normalized spacial score (nSPS) is 10.0. The zero-order valence-electron chi connectivity index (χ0n) is 6.34. The third kappa shape index (κ3) is 2.23. The molecule has 1 aromatic rings. The first-order valence-corrected chi connectivity index (χ1v) is 4.13. The molecule has 0 aliphatic carbocycles. The van der Waals surface area contributed by atoms with Crippen LogP contribution in [0.4, 0.5) is 5.95 Å². The molecule has 0 aromatic carbocycles. The van der Waals surface area contributed by atoms with Gasteiger partial charge in [-0.25, -0.2) is 5.06 Å². The monoisotopic (exact) mass is 204 g/mol. The van der Waals surface area contributed by atoms with Crippen LogP contribution in [0.15, 0.2) is 10.3 Å². The van der Waals surface area contributed by atoms with Crippen LogP contribution in [0.3, 0.4) is 0 Å². The van der Waals surface area contributed by atoms with E-state index in [1.54, 1.807) is 6.92 Å². The van der Waals surface area contributed by atoms with Crippen molar-refractivity contribution in [1.82, 2.24) is 15.0 Å². The van der Waals surface area contributed by atoms with Crippen LogP contribution in [-0.2, 0) is 0 Å². The van der Waals surface area contributed by atoms with Gasteiger partial charge in [0, 0.05) is 6.54 Å². The molecule has 0 atom stereocenters. The third-order valence-corrected chi connectivity index (χ3v) is 1.53. The number of anilines is 1. The largest absolute Gasteiger partial charge is 0.286 e. The lowest BCUT2D eigenvalue weighted by Gasteiger charge is -2.11. The SMILES string of the molecule is CCN(O)c1nc(S)nc(S)n1. The van der Waals surface area contributed by atoms with Crippen molar-refractivity contribution in [1.29, 1.82) is 0 Å². The van der Waals surface area contributed by atoms with Gasteiger partial charge in [0.25, 0.3) is 5.95 Å². The van der Waals surface area contributed by atoms with E-state index in [-0.39, 0.29) is 16.3 Å². The zero-order valence-corrected chi connectivity index (χ0v) is 8.13. The molecule has 0 amide bonds. The van der Waals surface area contributed by atoms with Gasteiger partial charge in [-0.15, -0.1) is 25.3 Å². The molecule has 5 nitrogen and oxygen atoms in total. The summed E-state index contributed by atoms with van der Waals surface area (Å²) >= 11 is 7.82. The molecule has 0 unspecified atom stereocenters. The summed E-state index contributed by atoms with van der Waals surface area (Å²) < 4.78 is 0. The number of rotatable bonds is 2. The first-order chi connectivity index (χ1) is 5.63. The Kier molecular flexibility index (Phi) is 3.12. The fraction of sp³-hybridized carbons (Fsp3) is 0.400. The predicted molar refractivity (Wildman–Crippen MR) is 49.1 cm³/mol. The van der Waals surface area contributed by atoms with Gasteiger partial charge in [0.05, 0.1) is 0 Å². The summed E-state index contributed by atoms with van der Waals surface area (Å²) in [7, 11) is 0. The van der Waals surface area contributed by atoms with Gasteiger partial charge in [-0.05, 0) is 6.92 Å². The second kappa shape index (κ2) is 3.92. The van der Waals surface area contributed by atoms with Gasteiger partial charge >= 0.3 is 0 Å². The van der Waals surface area contributed by atoms with Crippen LogP contribution in [0, 0.1) is 0 Å². The topological polar surface area (TPSA) is 62.1 Å². The molecule has 0 fully saturated rings. The van der Waals surface area contributed by atoms with Crippen LogP contribution >= 0.6 is 25.3 Å². The van der Waals surface area contributed by atoms with E-state index < -0.39 is 0 Å². The van der Waals surface area contributed by atoms with Crippen molar-refractivity contribution in [2.75, 3.05) is 11.6 Å². The maximum atomic E-state index is 9.19. The van der Waals surface area contributed by atoms with Crippen LogP contribution in [-0.4, -0.2) is 26.7 Å². The van der Waals surface area contributed by atoms with Crippen molar-refractivity contribution in [2.24, 2.45) is 0 Å². The Labute approximate surface area is 80.6 Å². The van der Waals surface area contributed by atoms with E-state index in [1.807, 2.05) is 0 Å². The van der Waals surface area contributed by atoms with E-state index in [4.69, 9.17) is 0 Å². The Morgan fingerprint density at radius 3 is 2.17 bits per heavy atom. The Bertz CT molecular complexity index is 262. The average Bonchev–Trinajstić information content (AvgIpc) is 2.01. The summed E-state index contributed by atoms with van der Waals surface area (Å²) in [6, 6.07) is 0. The van der Waals surface area contributed by atoms with Gasteiger partial charge in [-0.2, -0.15) is 15.0 Å². The highest BCUT2D eigenvalue weighted by atomic mass is 32.1. The first kappa shape index (κ1) is 9.56. The highest BCUT2D eigenvalue weighted by Gasteiger charge is 2.06. The van der Waals surface area contributed by atoms with E-state index >= 15 is 0 Å². The molecule has 7 heteroatoms. The van der Waals surface area contributed by atoms with E-state index in [0.717, 1.165) is 5.06 Å². The smallest absolute Gasteiger partial charge is 0.254 e. The Morgan fingerprint density at radius 2 is 1.75 bits per heavy atom. The predicted octanol–water partition coefficient (Wildman–Crippen LogP) is 0.664. The molecule has 0 spiro atoms. The molecule has 0 bridgehead atoms. The van der Waals surface area contributed by atoms with Crippen LogP contribution in [0.25, 0.3) is 0 Å². The van der Waals surface area contributed by atoms with Crippen molar-refractivity contribution in [2.45, 2.75) is 17.2 Å². The maximum Gasteiger partial charge on any atom is 0.254 e. The van der Waals surface area contributed by atoms with Gasteiger partial charge in [0.1, 0.15) is 0 Å². The lowest BCUT2D eigenvalue weighted by molar-refractivity contribution is 0.251. The number of hydroxylamine groups is 1. The maximum absolute atomic E-state index is 9.19. The summed E-state index contributed by atoms with van der Waals surface area (Å²) in [5.41, 5.74) is 0. The van der Waals surface area contributed by atoms with Crippen LogP contribution in [0.5, 0.6) is 0 Å². The lowest BCUT2D eigenvalue weighted by atomic mass is 10.7. The number of hydrogen-bond donors (Lipinski definition) is 3. The van der Waals surface area contributed by atoms with E-state index in [9.17, 15) is 5.21 Å². The minimum Gasteiger partial charge on any atom is -0.286 e. The molecule has 66 valence electrons. The van der Waals surface area contributed by atoms with Gasteiger partial charge in [-0.3, -0.25) is 5.21 Å². The molecule has 1 rings (SSSR count). The molecule has 0 saturated carbocycles. The van der Waals surface area contributed by atoms with Gasteiger partial charge < -0.3 is 0 Å². The number of nitrogens with zero attached hydrogens (tertiary/aromatic N) is 4. The minimum absolute atomic E-state index is 0.155. The third-order valence-electron chi connectivity index (χ3n) is 1.13. The van der Waals surface area contributed by atoms with Crippen LogP contribution in [0.1, 0.15) is 6.92 Å². The summed E-state index contributed by atoms with van der Waals surface area (Å²) in [5, 5.41) is 10.5. The van der Waals surface area contributed by atoms with Crippen molar-refractivity contribution in [3.8, 4) is 0 Å². The highest BCUT2D eigenvalue weighted by Crippen LogP contribution is 2.09. The lowest BCUT2D eigenvalue weighted by Crippen LogP contribution is -2.20. The van der Waals surface area contributed by atoms with E-state index in [1.165, 1.54) is 0 Å². The van der Waals surface area contributed by atoms with Gasteiger partial charge in [0.2, 0.25) is 0 Å². The number of thiol groups is 2. The first-order valence-electron chi connectivity index (χ1n) is 3.24. The fourth-order valence-electron chi connectivity index (χ4n) is 0.600. The zero-order chi connectivity index (χ0) is 9.14. The van der Waals surface area contributed by atoms with Crippen molar-refractivity contribution in [3.05, 3.63) is 0 Å². The Morgan fingerprint density at radius 1 is 1.25 bits per heavy atom. The fourth-order valence-corrected chi connectivity index (χ4v) is 1.05. The standard InChI is InChI=1S/C5H8N4OS2/c1-2-9(10)3-6-4(11)8-5(12)7-3/h10H,2H2,1H3,(H2,6,7,8,11,12). The molecular formula is C5H8N4OS2. The second-order valence-corrected chi connectivity index (χ2v) is 2.75. The summed E-state index contributed by atoms with van der Waals surface area (Å²) in [6.45, 7) is 2.16. The molecule has 1 N–H and O–H groups in total. The van der Waals surface area contributed by atoms with Gasteiger partial charge in [-0.1, -0.05) is 0 Å². The molecule has 0 aliphatic rings. The second-order valence-electron chi connectivity index (χ2n) is 1.95. The number of hydrogen-bond acceptors (Lipinski definition) is 7. The quantitative estimate of drug-likeness (QED) is 0.488. The van der Waals surface area contributed by atoms with Crippen LogP contribution < -0.4 is 5.06 Å².